The summed E-state index contributed by atoms with van der Waals surface area (Å²) in [5.74, 6) is -0.893. The number of carboxylic acids is 1. The van der Waals surface area contributed by atoms with E-state index in [-0.39, 0.29) is 18.2 Å². The number of hydrogen-bond donors (Lipinski definition) is 3. The van der Waals surface area contributed by atoms with E-state index in [4.69, 9.17) is 9.84 Å². The van der Waals surface area contributed by atoms with Gasteiger partial charge in [-0.3, -0.25) is 19.4 Å². The number of hydrogen-bond acceptors (Lipinski definition) is 6. The number of hydrazine groups is 1. The first-order valence-electron chi connectivity index (χ1n) is 12.3. The number of amides is 2. The summed E-state index contributed by atoms with van der Waals surface area (Å²) < 4.78 is 5.57. The van der Waals surface area contributed by atoms with Gasteiger partial charge in [0.1, 0.15) is 5.75 Å². The van der Waals surface area contributed by atoms with Crippen LogP contribution in [0.2, 0.25) is 0 Å². The van der Waals surface area contributed by atoms with Gasteiger partial charge in [0.25, 0.3) is 5.91 Å². The molecule has 1 atom stereocenters. The number of likely N-dealkylation sites (N-methyl/N-ethyl adjacent to an activating group) is 1. The Kier molecular flexibility index (Phi) is 10.3. The highest BCUT2D eigenvalue weighted by molar-refractivity contribution is 5.96. The van der Waals surface area contributed by atoms with Crippen molar-refractivity contribution in [1.29, 1.82) is 0 Å². The fourth-order valence-electron chi connectivity index (χ4n) is 3.90. The third kappa shape index (κ3) is 8.42. The SMILES string of the molecule is CCN(C(=O)C(NC(=O)C=Cc1ccccc1)Nc1ccc(OCCCC(=O)O)cc1)N1CCCC1. The predicted molar refractivity (Wildman–Crippen MR) is 138 cm³/mol. The maximum absolute atomic E-state index is 13.5. The molecular formula is C27H34N4O5. The number of nitrogens with one attached hydrogen (secondary N) is 2. The molecule has 1 aliphatic heterocycles. The summed E-state index contributed by atoms with van der Waals surface area (Å²) >= 11 is 0. The summed E-state index contributed by atoms with van der Waals surface area (Å²) in [5, 5.41) is 18.4. The first-order chi connectivity index (χ1) is 17.5. The standard InChI is InChI=1S/C27H34N4O5/c1-2-31(30-18-6-7-19-30)27(35)26(29-24(32)17-12-21-9-4-3-5-10-21)28-22-13-15-23(16-14-22)36-20-8-11-25(33)34/h3-5,9-10,12-17,26,28H,2,6-8,11,18-20H2,1H3,(H,29,32)(H,33,34). The maximum atomic E-state index is 13.5. The lowest BCUT2D eigenvalue weighted by molar-refractivity contribution is -0.149. The van der Waals surface area contributed by atoms with E-state index in [1.807, 2.05) is 42.3 Å². The Morgan fingerprint density at radius 3 is 2.42 bits per heavy atom. The summed E-state index contributed by atoms with van der Waals surface area (Å²) in [6, 6.07) is 16.4. The summed E-state index contributed by atoms with van der Waals surface area (Å²) in [5.41, 5.74) is 1.52. The molecule has 1 aliphatic rings. The molecule has 0 aliphatic carbocycles. The lowest BCUT2D eigenvalue weighted by atomic mass is 10.2. The highest BCUT2D eigenvalue weighted by Gasteiger charge is 2.30. The lowest BCUT2D eigenvalue weighted by Gasteiger charge is -2.34. The molecule has 36 heavy (non-hydrogen) atoms. The molecule has 0 saturated carbocycles. The van der Waals surface area contributed by atoms with Crippen molar-refractivity contribution < 1.29 is 24.2 Å². The van der Waals surface area contributed by atoms with Crippen LogP contribution >= 0.6 is 0 Å². The highest BCUT2D eigenvalue weighted by Crippen LogP contribution is 2.18. The van der Waals surface area contributed by atoms with Crippen LogP contribution in [-0.4, -0.2) is 65.3 Å². The zero-order valence-corrected chi connectivity index (χ0v) is 20.6. The number of rotatable bonds is 13. The average Bonchev–Trinajstić information content (AvgIpc) is 3.41. The van der Waals surface area contributed by atoms with Crippen LogP contribution < -0.4 is 15.4 Å². The molecule has 0 radical (unpaired) electrons. The van der Waals surface area contributed by atoms with E-state index in [2.05, 4.69) is 10.6 Å². The second-order valence-electron chi connectivity index (χ2n) is 8.41. The van der Waals surface area contributed by atoms with Crippen molar-refractivity contribution in [1.82, 2.24) is 15.3 Å². The Bertz CT molecular complexity index is 1020. The van der Waals surface area contributed by atoms with Gasteiger partial charge in [-0.2, -0.15) is 0 Å². The topological polar surface area (TPSA) is 111 Å². The molecule has 1 heterocycles. The fraction of sp³-hybridized carbons (Fsp3) is 0.370. The second kappa shape index (κ2) is 13.9. The molecule has 0 aromatic heterocycles. The van der Waals surface area contributed by atoms with Crippen molar-refractivity contribution in [3.8, 4) is 5.75 Å². The number of carbonyl (C=O) groups is 3. The zero-order valence-electron chi connectivity index (χ0n) is 20.6. The van der Waals surface area contributed by atoms with Crippen LogP contribution in [0.25, 0.3) is 6.08 Å². The number of anilines is 1. The molecule has 2 aromatic carbocycles. The van der Waals surface area contributed by atoms with Gasteiger partial charge in [-0.05, 0) is 62.1 Å². The van der Waals surface area contributed by atoms with E-state index in [1.54, 1.807) is 35.4 Å². The third-order valence-electron chi connectivity index (χ3n) is 5.71. The first kappa shape index (κ1) is 26.7. The van der Waals surface area contributed by atoms with Crippen molar-refractivity contribution >= 4 is 29.5 Å². The monoisotopic (exact) mass is 494 g/mol. The highest BCUT2D eigenvalue weighted by atomic mass is 16.5. The Morgan fingerprint density at radius 1 is 1.08 bits per heavy atom. The number of benzene rings is 2. The minimum absolute atomic E-state index is 0.0484. The van der Waals surface area contributed by atoms with Crippen molar-refractivity contribution in [2.75, 3.05) is 31.6 Å². The van der Waals surface area contributed by atoms with E-state index >= 15 is 0 Å². The van der Waals surface area contributed by atoms with Crippen LogP contribution in [0.15, 0.2) is 60.7 Å². The molecule has 3 rings (SSSR count). The van der Waals surface area contributed by atoms with Gasteiger partial charge in [0.05, 0.1) is 6.61 Å². The van der Waals surface area contributed by atoms with E-state index in [0.717, 1.165) is 31.5 Å². The predicted octanol–water partition coefficient (Wildman–Crippen LogP) is 3.36. The molecule has 2 aromatic rings. The van der Waals surface area contributed by atoms with Gasteiger partial charge in [0.2, 0.25) is 5.91 Å². The molecule has 9 nitrogen and oxygen atoms in total. The number of ether oxygens (including phenoxy) is 1. The molecule has 1 saturated heterocycles. The molecule has 2 amide bonds. The molecule has 9 heteroatoms. The Labute approximate surface area is 211 Å². The third-order valence-corrected chi connectivity index (χ3v) is 5.71. The molecule has 0 bridgehead atoms. The van der Waals surface area contributed by atoms with Crippen molar-refractivity contribution in [3.05, 3.63) is 66.2 Å². The molecule has 1 unspecified atom stereocenters. The quantitative estimate of drug-likeness (QED) is 0.222. The summed E-state index contributed by atoms with van der Waals surface area (Å²) in [7, 11) is 0. The van der Waals surface area contributed by atoms with Crippen LogP contribution in [0.4, 0.5) is 5.69 Å². The maximum Gasteiger partial charge on any atom is 0.303 e. The molecule has 3 N–H and O–H groups in total. The van der Waals surface area contributed by atoms with Gasteiger partial charge < -0.3 is 20.5 Å². The van der Waals surface area contributed by atoms with Crippen LogP contribution in [0.3, 0.4) is 0 Å². The van der Waals surface area contributed by atoms with Crippen LogP contribution in [0.1, 0.15) is 38.2 Å². The number of carboxylic acid groups (broad SMARTS) is 1. The van der Waals surface area contributed by atoms with Crippen molar-refractivity contribution in [2.45, 2.75) is 38.8 Å². The Hall–Kier alpha value is -3.85. The largest absolute Gasteiger partial charge is 0.494 e. The van der Waals surface area contributed by atoms with Gasteiger partial charge in [-0.1, -0.05) is 30.3 Å². The van der Waals surface area contributed by atoms with Gasteiger partial charge in [0, 0.05) is 37.8 Å². The fourth-order valence-corrected chi connectivity index (χ4v) is 3.90. The average molecular weight is 495 g/mol. The van der Waals surface area contributed by atoms with Crippen LogP contribution in [0.5, 0.6) is 5.75 Å². The zero-order chi connectivity index (χ0) is 25.8. The number of nitrogens with zero attached hydrogens (tertiary/aromatic N) is 2. The lowest BCUT2D eigenvalue weighted by Crippen LogP contribution is -2.56. The second-order valence-corrected chi connectivity index (χ2v) is 8.41. The van der Waals surface area contributed by atoms with Crippen molar-refractivity contribution in [2.24, 2.45) is 0 Å². The molecule has 0 spiro atoms. The Balaban J connectivity index is 1.68. The molecular weight excluding hydrogens is 460 g/mol. The van der Waals surface area contributed by atoms with E-state index in [1.165, 1.54) is 6.08 Å². The van der Waals surface area contributed by atoms with E-state index in [9.17, 15) is 14.4 Å². The number of aliphatic carboxylic acids is 1. The van der Waals surface area contributed by atoms with Crippen LogP contribution in [-0.2, 0) is 14.4 Å². The summed E-state index contributed by atoms with van der Waals surface area (Å²) in [4.78, 5) is 36.8. The summed E-state index contributed by atoms with van der Waals surface area (Å²) in [6.07, 6.45) is 4.66. The van der Waals surface area contributed by atoms with Gasteiger partial charge >= 0.3 is 5.97 Å². The normalized spacial score (nSPS) is 14.4. The van der Waals surface area contributed by atoms with E-state index in [0.29, 0.717) is 31.0 Å². The first-order valence-corrected chi connectivity index (χ1v) is 12.3. The Morgan fingerprint density at radius 2 is 1.78 bits per heavy atom. The molecule has 1 fully saturated rings. The van der Waals surface area contributed by atoms with Gasteiger partial charge in [0.15, 0.2) is 6.17 Å². The number of carbonyl (C=O) groups excluding carboxylic acids is 2. The minimum atomic E-state index is -0.971. The minimum Gasteiger partial charge on any atom is -0.494 e. The summed E-state index contributed by atoms with van der Waals surface area (Å²) in [6.45, 7) is 4.33. The van der Waals surface area contributed by atoms with Gasteiger partial charge in [-0.25, -0.2) is 5.01 Å². The van der Waals surface area contributed by atoms with Crippen LogP contribution in [0, 0.1) is 0 Å². The molecule has 192 valence electrons. The van der Waals surface area contributed by atoms with Gasteiger partial charge in [-0.15, -0.1) is 0 Å². The smallest absolute Gasteiger partial charge is 0.303 e. The van der Waals surface area contributed by atoms with E-state index < -0.39 is 12.1 Å². The van der Waals surface area contributed by atoms with Crippen molar-refractivity contribution in [3.63, 3.8) is 0 Å².